The fourth-order valence-corrected chi connectivity index (χ4v) is 3.03. The maximum atomic E-state index is 12.9. The number of esters is 1. The molecule has 31 heavy (non-hydrogen) atoms. The van der Waals surface area contributed by atoms with E-state index in [0.717, 1.165) is 12.0 Å². The summed E-state index contributed by atoms with van der Waals surface area (Å²) in [6.45, 7) is 9.51. The average Bonchev–Trinajstić information content (AvgIpc) is 2.75. The van der Waals surface area contributed by atoms with Gasteiger partial charge >= 0.3 is 5.97 Å². The second-order valence-electron chi connectivity index (χ2n) is 7.80. The van der Waals surface area contributed by atoms with Gasteiger partial charge in [0.1, 0.15) is 23.3 Å². The molecule has 0 N–H and O–H groups in total. The fraction of sp³-hybridized carbons (Fsp3) is 0.360. The lowest BCUT2D eigenvalue weighted by atomic mass is 10.0. The highest BCUT2D eigenvalue weighted by Crippen LogP contribution is 2.30. The molecule has 0 amide bonds. The number of rotatable bonds is 8. The Hall–Kier alpha value is -3.28. The van der Waals surface area contributed by atoms with E-state index in [0.29, 0.717) is 22.5 Å². The normalized spacial score (nSPS) is 13.1. The zero-order chi connectivity index (χ0) is 22.5. The van der Waals surface area contributed by atoms with Gasteiger partial charge in [-0.25, -0.2) is 4.79 Å². The zero-order valence-corrected chi connectivity index (χ0v) is 18.5. The molecule has 3 aromatic rings. The van der Waals surface area contributed by atoms with Gasteiger partial charge < -0.3 is 18.6 Å². The van der Waals surface area contributed by atoms with Crippen LogP contribution in [0.15, 0.2) is 57.9 Å². The third kappa shape index (κ3) is 5.26. The summed E-state index contributed by atoms with van der Waals surface area (Å²) in [7, 11) is 0. The second kappa shape index (κ2) is 9.69. The molecule has 6 heteroatoms. The Morgan fingerprint density at radius 3 is 2.48 bits per heavy atom. The van der Waals surface area contributed by atoms with Gasteiger partial charge in [0.15, 0.2) is 6.10 Å². The van der Waals surface area contributed by atoms with Gasteiger partial charge in [0, 0.05) is 6.07 Å². The minimum absolute atomic E-state index is 0.111. The molecular weight excluding hydrogens is 396 g/mol. The van der Waals surface area contributed by atoms with Crippen molar-refractivity contribution in [2.24, 2.45) is 0 Å². The summed E-state index contributed by atoms with van der Waals surface area (Å²) in [5.74, 6) is 0.946. The second-order valence-corrected chi connectivity index (χ2v) is 7.80. The molecule has 2 atom stereocenters. The fourth-order valence-electron chi connectivity index (χ4n) is 3.03. The summed E-state index contributed by atoms with van der Waals surface area (Å²) in [4.78, 5) is 25.0. The third-order valence-corrected chi connectivity index (χ3v) is 5.01. The van der Waals surface area contributed by atoms with Gasteiger partial charge in [-0.1, -0.05) is 39.0 Å². The van der Waals surface area contributed by atoms with Gasteiger partial charge in [0.25, 0.3) is 0 Å². The molecule has 0 aliphatic rings. The van der Waals surface area contributed by atoms with E-state index in [1.807, 2.05) is 38.1 Å². The average molecular weight is 424 g/mol. The topological polar surface area (TPSA) is 75.0 Å². The number of benzene rings is 2. The van der Waals surface area contributed by atoms with Crippen LogP contribution in [0.25, 0.3) is 11.0 Å². The van der Waals surface area contributed by atoms with Crippen LogP contribution in [0.3, 0.4) is 0 Å². The highest BCUT2D eigenvalue weighted by atomic mass is 16.6. The molecule has 0 saturated carbocycles. The first kappa shape index (κ1) is 22.4. The smallest absolute Gasteiger partial charge is 0.347 e. The molecule has 0 radical (unpaired) electrons. The van der Waals surface area contributed by atoms with Gasteiger partial charge in [0.05, 0.1) is 11.5 Å². The highest BCUT2D eigenvalue weighted by Gasteiger charge is 2.19. The molecule has 3 rings (SSSR count). The predicted octanol–water partition coefficient (Wildman–Crippen LogP) is 5.82. The summed E-state index contributed by atoms with van der Waals surface area (Å²) < 4.78 is 22.5. The summed E-state index contributed by atoms with van der Waals surface area (Å²) >= 11 is 0. The molecule has 1 heterocycles. The molecular formula is C25H28O6. The Labute approximate surface area is 181 Å². The highest BCUT2D eigenvalue weighted by molar-refractivity contribution is 5.79. The Morgan fingerprint density at radius 2 is 1.77 bits per heavy atom. The zero-order valence-electron chi connectivity index (χ0n) is 18.5. The Kier molecular flexibility index (Phi) is 7.00. The Morgan fingerprint density at radius 1 is 1.03 bits per heavy atom. The summed E-state index contributed by atoms with van der Waals surface area (Å²) in [6.07, 6.45) is 1.07. The summed E-state index contributed by atoms with van der Waals surface area (Å²) in [5.41, 5.74) is 1.06. The van der Waals surface area contributed by atoms with Crippen LogP contribution in [0.5, 0.6) is 17.2 Å². The van der Waals surface area contributed by atoms with Crippen LogP contribution in [0.2, 0.25) is 0 Å². The lowest BCUT2D eigenvalue weighted by molar-refractivity contribution is -0.155. The van der Waals surface area contributed by atoms with Gasteiger partial charge in [-0.15, -0.1) is 0 Å². The number of carbonyl (C=O) groups excluding carboxylic acids is 1. The van der Waals surface area contributed by atoms with E-state index in [1.54, 1.807) is 25.1 Å². The lowest BCUT2D eigenvalue weighted by Gasteiger charge is -2.17. The van der Waals surface area contributed by atoms with E-state index in [-0.39, 0.29) is 23.2 Å². The number of hydrogen-bond donors (Lipinski definition) is 0. The number of hydrogen-bond acceptors (Lipinski definition) is 6. The van der Waals surface area contributed by atoms with Crippen molar-refractivity contribution in [3.8, 4) is 17.2 Å². The lowest BCUT2D eigenvalue weighted by Crippen LogP contribution is -2.29. The minimum Gasteiger partial charge on any atom is -0.479 e. The predicted molar refractivity (Wildman–Crippen MR) is 119 cm³/mol. The number of ether oxygens (including phenoxy) is 3. The van der Waals surface area contributed by atoms with Gasteiger partial charge in [0.2, 0.25) is 11.2 Å². The van der Waals surface area contributed by atoms with E-state index in [2.05, 4.69) is 13.8 Å². The van der Waals surface area contributed by atoms with Crippen LogP contribution in [0.4, 0.5) is 0 Å². The van der Waals surface area contributed by atoms with Crippen LogP contribution in [-0.4, -0.2) is 18.2 Å². The first-order valence-electron chi connectivity index (χ1n) is 10.5. The maximum Gasteiger partial charge on any atom is 0.347 e. The van der Waals surface area contributed by atoms with Gasteiger partial charge in [-0.3, -0.25) is 4.79 Å². The molecule has 0 unspecified atom stereocenters. The maximum absolute atomic E-state index is 12.9. The SMILES string of the molecule is CC[C@H](C)OC(=O)[C@H](C)Oc1ccc2c(=O)c(Oc3ccccc3C(C)C)coc2c1. The van der Waals surface area contributed by atoms with Crippen LogP contribution < -0.4 is 14.9 Å². The first-order valence-corrected chi connectivity index (χ1v) is 10.5. The van der Waals surface area contributed by atoms with Crippen molar-refractivity contribution in [3.63, 3.8) is 0 Å². The molecule has 0 bridgehead atoms. The van der Waals surface area contributed by atoms with E-state index < -0.39 is 12.1 Å². The minimum atomic E-state index is -0.784. The largest absolute Gasteiger partial charge is 0.479 e. The standard InChI is InChI=1S/C25H28O6/c1-6-16(4)29-25(27)17(5)30-18-11-12-20-22(13-18)28-14-23(24(20)26)31-21-10-8-7-9-19(21)15(2)3/h7-17H,6H2,1-5H3/t16-,17-/m0/s1. The van der Waals surface area contributed by atoms with E-state index in [9.17, 15) is 9.59 Å². The van der Waals surface area contributed by atoms with E-state index in [4.69, 9.17) is 18.6 Å². The monoisotopic (exact) mass is 424 g/mol. The molecule has 2 aromatic carbocycles. The van der Waals surface area contributed by atoms with Crippen molar-refractivity contribution >= 4 is 16.9 Å². The van der Waals surface area contributed by atoms with Crippen LogP contribution in [-0.2, 0) is 9.53 Å². The molecule has 1 aromatic heterocycles. The van der Waals surface area contributed by atoms with Crippen LogP contribution >= 0.6 is 0 Å². The Bertz CT molecular complexity index is 1110. The Balaban J connectivity index is 1.82. The molecule has 0 spiro atoms. The summed E-state index contributed by atoms with van der Waals surface area (Å²) in [5, 5.41) is 0.363. The van der Waals surface area contributed by atoms with E-state index in [1.165, 1.54) is 6.26 Å². The van der Waals surface area contributed by atoms with Crippen LogP contribution in [0, 0.1) is 0 Å². The molecule has 0 saturated heterocycles. The summed E-state index contributed by atoms with van der Waals surface area (Å²) in [6, 6.07) is 12.4. The third-order valence-electron chi connectivity index (χ3n) is 5.01. The van der Waals surface area contributed by atoms with Crippen molar-refractivity contribution in [1.29, 1.82) is 0 Å². The molecule has 0 aliphatic heterocycles. The molecule has 0 aliphatic carbocycles. The van der Waals surface area contributed by atoms with Gasteiger partial charge in [-0.2, -0.15) is 0 Å². The van der Waals surface area contributed by atoms with E-state index >= 15 is 0 Å². The van der Waals surface area contributed by atoms with Crippen molar-refractivity contribution in [2.45, 2.75) is 59.2 Å². The quantitative estimate of drug-likeness (QED) is 0.424. The van der Waals surface area contributed by atoms with Crippen LogP contribution in [0.1, 0.15) is 52.5 Å². The molecule has 164 valence electrons. The van der Waals surface area contributed by atoms with Gasteiger partial charge in [-0.05, 0) is 49.9 Å². The van der Waals surface area contributed by atoms with Crippen molar-refractivity contribution in [1.82, 2.24) is 0 Å². The molecule has 6 nitrogen and oxygen atoms in total. The van der Waals surface area contributed by atoms with Crippen molar-refractivity contribution in [2.75, 3.05) is 0 Å². The van der Waals surface area contributed by atoms with Crippen molar-refractivity contribution < 1.29 is 23.4 Å². The first-order chi connectivity index (χ1) is 14.8. The number of carbonyl (C=O) groups is 1. The number of fused-ring (bicyclic) bond motifs is 1. The van der Waals surface area contributed by atoms with Crippen molar-refractivity contribution in [3.05, 3.63) is 64.5 Å². The number of para-hydroxylation sites is 1. The molecule has 0 fully saturated rings.